The predicted molar refractivity (Wildman–Crippen MR) is 87.8 cm³/mol. The molecule has 1 aliphatic carbocycles. The summed E-state index contributed by atoms with van der Waals surface area (Å²) in [6.07, 6.45) is 8.92. The Morgan fingerprint density at radius 2 is 2.06 bits per heavy atom. The molecular weight excluding hydrogens is 341 g/mol. The number of nitrogens with zero attached hydrogens (tertiary/aromatic N) is 1. The first-order chi connectivity index (χ1) is 8.36. The molecule has 1 rings (SSSR count). The largest absolute Gasteiger partial charge is 0.380 e. The number of ether oxygens (including phenoxy) is 1. The van der Waals surface area contributed by atoms with Gasteiger partial charge in [-0.1, -0.05) is 25.5 Å². The van der Waals surface area contributed by atoms with Crippen molar-refractivity contribution in [3.05, 3.63) is 12.2 Å². The van der Waals surface area contributed by atoms with Gasteiger partial charge in [-0.3, -0.25) is 4.99 Å². The van der Waals surface area contributed by atoms with Gasteiger partial charge in [0.05, 0.1) is 6.61 Å². The Labute approximate surface area is 128 Å². The third-order valence-electron chi connectivity index (χ3n) is 2.75. The fourth-order valence-electron chi connectivity index (χ4n) is 1.71. The molecule has 0 heterocycles. The smallest absolute Gasteiger partial charge is 0.191 e. The number of hydrogen-bond acceptors (Lipinski definition) is 2. The van der Waals surface area contributed by atoms with Gasteiger partial charge in [0, 0.05) is 26.2 Å². The van der Waals surface area contributed by atoms with Gasteiger partial charge in [-0.05, 0) is 19.3 Å². The lowest BCUT2D eigenvalue weighted by Crippen LogP contribution is -2.43. The Balaban J connectivity index is 0.00000289. The van der Waals surface area contributed by atoms with Crippen molar-refractivity contribution in [3.63, 3.8) is 0 Å². The fourth-order valence-corrected chi connectivity index (χ4v) is 1.71. The fraction of sp³-hybridized carbons (Fsp3) is 0.769. The van der Waals surface area contributed by atoms with Gasteiger partial charge in [0.1, 0.15) is 0 Å². The topological polar surface area (TPSA) is 45.6 Å². The zero-order valence-corrected chi connectivity index (χ0v) is 13.8. The number of unbranched alkanes of at least 4 members (excludes halogenated alkanes) is 1. The van der Waals surface area contributed by atoms with E-state index in [4.69, 9.17) is 4.74 Å². The summed E-state index contributed by atoms with van der Waals surface area (Å²) in [7, 11) is 1.80. The summed E-state index contributed by atoms with van der Waals surface area (Å²) in [5.41, 5.74) is 0. The van der Waals surface area contributed by atoms with Crippen LogP contribution in [-0.2, 0) is 4.74 Å². The molecule has 18 heavy (non-hydrogen) atoms. The number of aliphatic imine (C=N–C) groups is 1. The molecule has 0 aromatic rings. The first-order valence-corrected chi connectivity index (χ1v) is 6.56. The quantitative estimate of drug-likeness (QED) is 0.239. The molecule has 1 aliphatic rings. The maximum Gasteiger partial charge on any atom is 0.191 e. The summed E-state index contributed by atoms with van der Waals surface area (Å²) in [5, 5.41) is 6.65. The number of guanidine groups is 1. The van der Waals surface area contributed by atoms with Crippen molar-refractivity contribution in [2.75, 3.05) is 26.8 Å². The Kier molecular flexibility index (Phi) is 11.6. The predicted octanol–water partition coefficient (Wildman–Crippen LogP) is 2.30. The van der Waals surface area contributed by atoms with Crippen LogP contribution in [0.25, 0.3) is 0 Å². The number of rotatable bonds is 7. The van der Waals surface area contributed by atoms with Crippen LogP contribution in [0, 0.1) is 0 Å². The van der Waals surface area contributed by atoms with Gasteiger partial charge in [-0.25, -0.2) is 0 Å². The first-order valence-electron chi connectivity index (χ1n) is 6.56. The molecule has 0 atom stereocenters. The molecule has 0 aromatic carbocycles. The molecule has 0 bridgehead atoms. The van der Waals surface area contributed by atoms with Crippen LogP contribution in [0.15, 0.2) is 17.1 Å². The number of nitrogens with one attached hydrogen (secondary N) is 2. The second-order valence-corrected chi connectivity index (χ2v) is 4.25. The van der Waals surface area contributed by atoms with Crippen LogP contribution in [0.4, 0.5) is 0 Å². The van der Waals surface area contributed by atoms with Crippen LogP contribution < -0.4 is 10.6 Å². The molecule has 2 N–H and O–H groups in total. The summed E-state index contributed by atoms with van der Waals surface area (Å²) in [6.45, 7) is 4.58. The molecule has 4 nitrogen and oxygen atoms in total. The highest BCUT2D eigenvalue weighted by Crippen LogP contribution is 2.08. The number of halogens is 1. The minimum absolute atomic E-state index is 0. The molecule has 0 aromatic heterocycles. The third-order valence-corrected chi connectivity index (χ3v) is 2.75. The monoisotopic (exact) mass is 367 g/mol. The van der Waals surface area contributed by atoms with Crippen molar-refractivity contribution >= 4 is 29.9 Å². The van der Waals surface area contributed by atoms with E-state index in [2.05, 4.69) is 34.7 Å². The van der Waals surface area contributed by atoms with Gasteiger partial charge in [0.25, 0.3) is 0 Å². The Bertz CT molecular complexity index is 249. The zero-order chi connectivity index (χ0) is 12.3. The van der Waals surface area contributed by atoms with Crippen molar-refractivity contribution in [1.29, 1.82) is 0 Å². The maximum atomic E-state index is 5.48. The second kappa shape index (κ2) is 11.8. The van der Waals surface area contributed by atoms with Gasteiger partial charge >= 0.3 is 0 Å². The van der Waals surface area contributed by atoms with Gasteiger partial charge in [0.2, 0.25) is 0 Å². The number of hydrogen-bond donors (Lipinski definition) is 2. The molecule has 0 aliphatic heterocycles. The molecule has 0 amide bonds. The van der Waals surface area contributed by atoms with Gasteiger partial charge in [-0.15, -0.1) is 24.0 Å². The molecule has 0 fully saturated rings. The van der Waals surface area contributed by atoms with Crippen LogP contribution in [0.2, 0.25) is 0 Å². The van der Waals surface area contributed by atoms with Crippen LogP contribution in [-0.4, -0.2) is 38.8 Å². The summed E-state index contributed by atoms with van der Waals surface area (Å²) in [4.78, 5) is 4.20. The highest BCUT2D eigenvalue weighted by Gasteiger charge is 2.10. The van der Waals surface area contributed by atoms with Crippen molar-refractivity contribution in [2.45, 2.75) is 38.6 Å². The van der Waals surface area contributed by atoms with E-state index in [1.165, 1.54) is 6.42 Å². The average Bonchev–Trinajstić information content (AvgIpc) is 2.85. The standard InChI is InChI=1S/C13H25N3O.HI/c1-3-4-10-17-11-9-15-13(14-2)16-12-7-5-6-8-12;/h5-6,12H,3-4,7-11H2,1-2H3,(H2,14,15,16);1H. The molecule has 0 unspecified atom stereocenters. The summed E-state index contributed by atoms with van der Waals surface area (Å²) >= 11 is 0. The molecule has 0 radical (unpaired) electrons. The summed E-state index contributed by atoms with van der Waals surface area (Å²) in [5.74, 6) is 0.873. The van der Waals surface area contributed by atoms with Crippen molar-refractivity contribution in [2.24, 2.45) is 4.99 Å². The van der Waals surface area contributed by atoms with Gasteiger partial charge in [-0.2, -0.15) is 0 Å². The van der Waals surface area contributed by atoms with E-state index in [-0.39, 0.29) is 24.0 Å². The van der Waals surface area contributed by atoms with Crippen molar-refractivity contribution in [1.82, 2.24) is 10.6 Å². The summed E-state index contributed by atoms with van der Waals surface area (Å²) in [6, 6.07) is 0.502. The van der Waals surface area contributed by atoms with Crippen LogP contribution in [0.1, 0.15) is 32.6 Å². The summed E-state index contributed by atoms with van der Waals surface area (Å²) < 4.78 is 5.48. The van der Waals surface area contributed by atoms with Gasteiger partial charge in [0.15, 0.2) is 5.96 Å². The second-order valence-electron chi connectivity index (χ2n) is 4.25. The third kappa shape index (κ3) is 7.92. The lowest BCUT2D eigenvalue weighted by Gasteiger charge is -2.16. The SMILES string of the molecule is CCCCOCCNC(=NC)NC1CC=CC1.I. The Morgan fingerprint density at radius 1 is 1.33 bits per heavy atom. The normalized spacial score (nSPS) is 15.6. The van der Waals surface area contributed by atoms with Crippen LogP contribution >= 0.6 is 24.0 Å². The maximum absolute atomic E-state index is 5.48. The van der Waals surface area contributed by atoms with Gasteiger partial charge < -0.3 is 15.4 Å². The minimum Gasteiger partial charge on any atom is -0.380 e. The highest BCUT2D eigenvalue weighted by molar-refractivity contribution is 14.0. The van der Waals surface area contributed by atoms with E-state index >= 15 is 0 Å². The van der Waals surface area contributed by atoms with E-state index in [1.807, 2.05) is 0 Å². The van der Waals surface area contributed by atoms with Crippen molar-refractivity contribution < 1.29 is 4.74 Å². The lowest BCUT2D eigenvalue weighted by atomic mass is 10.2. The van der Waals surface area contributed by atoms with E-state index in [0.29, 0.717) is 6.04 Å². The van der Waals surface area contributed by atoms with E-state index in [1.54, 1.807) is 7.05 Å². The zero-order valence-electron chi connectivity index (χ0n) is 11.4. The van der Waals surface area contributed by atoms with E-state index in [0.717, 1.165) is 45.0 Å². The average molecular weight is 367 g/mol. The van der Waals surface area contributed by atoms with E-state index < -0.39 is 0 Å². The minimum atomic E-state index is 0. The highest BCUT2D eigenvalue weighted by atomic mass is 127. The Hall–Kier alpha value is -0.300. The molecule has 106 valence electrons. The van der Waals surface area contributed by atoms with Crippen LogP contribution in [0.5, 0.6) is 0 Å². The molecule has 0 saturated heterocycles. The first kappa shape index (κ1) is 17.7. The van der Waals surface area contributed by atoms with Crippen LogP contribution in [0.3, 0.4) is 0 Å². The molecule has 5 heteroatoms. The lowest BCUT2D eigenvalue weighted by molar-refractivity contribution is 0.136. The van der Waals surface area contributed by atoms with Crippen molar-refractivity contribution in [3.8, 4) is 0 Å². The molecular formula is C13H26IN3O. The molecule has 0 spiro atoms. The van der Waals surface area contributed by atoms with E-state index in [9.17, 15) is 0 Å². The Morgan fingerprint density at radius 3 is 2.67 bits per heavy atom. The molecule has 0 saturated carbocycles.